The average molecular weight is 883 g/mol. The third-order valence-electron chi connectivity index (χ3n) is 10.3. The molecule has 0 aliphatic carbocycles. The number of hydrogen-bond donors (Lipinski definition) is 0. The monoisotopic (exact) mass is 883 g/mol. The minimum atomic E-state index is -0.751. The summed E-state index contributed by atoms with van der Waals surface area (Å²) in [4.78, 5) is 0. The Hall–Kier alpha value is -2.78. The minimum absolute atomic E-state index is 0.418. The smallest absolute Gasteiger partial charge is 0.143 e. The number of rotatable bonds is 46. The highest BCUT2D eigenvalue weighted by Crippen LogP contribution is 2.40. The minimum Gasteiger partial charge on any atom is -0.379 e. The van der Waals surface area contributed by atoms with Crippen molar-refractivity contribution in [2.75, 3.05) is 139 Å². The Morgan fingerprint density at radius 3 is 0.746 bits per heavy atom. The Kier molecular flexibility index (Phi) is 35.3. The Morgan fingerprint density at radius 2 is 0.476 bits per heavy atom. The van der Waals surface area contributed by atoms with Crippen LogP contribution in [0.4, 0.5) is 0 Å². The maximum absolute atomic E-state index is 6.74. The van der Waals surface area contributed by atoms with Gasteiger partial charge in [0.15, 0.2) is 0 Å². The van der Waals surface area contributed by atoms with E-state index in [4.69, 9.17) is 52.1 Å². The molecule has 0 saturated heterocycles. The van der Waals surface area contributed by atoms with Crippen LogP contribution in [-0.2, 0) is 57.7 Å². The van der Waals surface area contributed by atoms with Crippen molar-refractivity contribution in [2.45, 2.75) is 83.2 Å². The second-order valence-electron chi connectivity index (χ2n) is 15.3. The third-order valence-corrected chi connectivity index (χ3v) is 10.3. The lowest BCUT2D eigenvalue weighted by Crippen LogP contribution is -2.34. The van der Waals surface area contributed by atoms with Crippen LogP contribution in [0.15, 0.2) is 91.0 Å². The third kappa shape index (κ3) is 27.3. The van der Waals surface area contributed by atoms with Gasteiger partial charge in [-0.15, -0.1) is 0 Å². The van der Waals surface area contributed by atoms with Gasteiger partial charge in [-0.1, -0.05) is 162 Å². The SMILES string of the molecule is CCCCCCCCCCCCCOCCOCCOCCOCCOCCOCCOCCOCCOCCOCCOC(c1ccccc1)(c1ccccc1)c1ccccc1. The lowest BCUT2D eigenvalue weighted by atomic mass is 9.80. The summed E-state index contributed by atoms with van der Waals surface area (Å²) >= 11 is 0. The number of ether oxygens (including phenoxy) is 11. The van der Waals surface area contributed by atoms with Gasteiger partial charge in [0.25, 0.3) is 0 Å². The second kappa shape index (κ2) is 40.7. The van der Waals surface area contributed by atoms with Crippen molar-refractivity contribution in [3.63, 3.8) is 0 Å². The van der Waals surface area contributed by atoms with E-state index in [0.717, 1.165) is 29.7 Å². The van der Waals surface area contributed by atoms with Gasteiger partial charge in [-0.05, 0) is 23.1 Å². The van der Waals surface area contributed by atoms with Gasteiger partial charge in [-0.3, -0.25) is 0 Å². The zero-order valence-electron chi connectivity index (χ0n) is 38.8. The molecule has 0 fully saturated rings. The molecule has 0 amide bonds. The van der Waals surface area contributed by atoms with Crippen molar-refractivity contribution in [2.24, 2.45) is 0 Å². The Morgan fingerprint density at radius 1 is 0.254 bits per heavy atom. The van der Waals surface area contributed by atoms with E-state index in [1.165, 1.54) is 64.2 Å². The molecule has 3 aromatic carbocycles. The fraction of sp³-hybridized carbons (Fsp3) is 0.654. The van der Waals surface area contributed by atoms with Crippen molar-refractivity contribution in [3.05, 3.63) is 108 Å². The molecule has 0 aromatic heterocycles. The van der Waals surface area contributed by atoms with Gasteiger partial charge in [0, 0.05) is 6.61 Å². The zero-order chi connectivity index (χ0) is 44.2. The first-order valence-corrected chi connectivity index (χ1v) is 24.0. The molecule has 3 rings (SSSR count). The molecule has 3 aromatic rings. The molecule has 11 heteroatoms. The van der Waals surface area contributed by atoms with Crippen LogP contribution < -0.4 is 0 Å². The van der Waals surface area contributed by atoms with Crippen molar-refractivity contribution >= 4 is 0 Å². The summed E-state index contributed by atoms with van der Waals surface area (Å²) in [5, 5.41) is 0. The first kappa shape index (κ1) is 54.6. The summed E-state index contributed by atoms with van der Waals surface area (Å²) < 4.78 is 62.9. The fourth-order valence-electron chi connectivity index (χ4n) is 6.97. The molecule has 0 radical (unpaired) electrons. The van der Waals surface area contributed by atoms with Crippen LogP contribution in [0.25, 0.3) is 0 Å². The summed E-state index contributed by atoms with van der Waals surface area (Å²) in [5.74, 6) is 0. The van der Waals surface area contributed by atoms with E-state index >= 15 is 0 Å². The first-order chi connectivity index (χ1) is 31.4. The molecule has 356 valence electrons. The highest BCUT2D eigenvalue weighted by atomic mass is 16.6. The van der Waals surface area contributed by atoms with E-state index in [9.17, 15) is 0 Å². The quantitative estimate of drug-likeness (QED) is 0.0401. The van der Waals surface area contributed by atoms with Crippen molar-refractivity contribution in [3.8, 4) is 0 Å². The standard InChI is InChI=1S/C52H82O11/c1-2-3-4-5-6-7-8-9-10-11-21-28-53-29-30-54-31-32-55-33-34-56-35-36-57-37-38-58-39-40-59-41-42-60-43-44-61-45-46-62-47-48-63-52(49-22-15-12-16-23-49,50-24-17-13-18-25-50)51-26-19-14-20-27-51/h12-20,22-27H,2-11,21,28-48H2,1H3. The van der Waals surface area contributed by atoms with Gasteiger partial charge >= 0.3 is 0 Å². The molecule has 0 aliphatic rings. The lowest BCUT2D eigenvalue weighted by Gasteiger charge is -2.36. The highest BCUT2D eigenvalue weighted by molar-refractivity contribution is 5.47. The first-order valence-electron chi connectivity index (χ1n) is 24.0. The van der Waals surface area contributed by atoms with E-state index < -0.39 is 5.60 Å². The molecule has 0 bridgehead atoms. The van der Waals surface area contributed by atoms with Gasteiger partial charge in [-0.2, -0.15) is 0 Å². The van der Waals surface area contributed by atoms with Crippen molar-refractivity contribution < 1.29 is 52.1 Å². The molecular weight excluding hydrogens is 801 g/mol. The molecular formula is C52H82O11. The Bertz CT molecular complexity index is 1270. The predicted molar refractivity (Wildman–Crippen MR) is 250 cm³/mol. The van der Waals surface area contributed by atoms with E-state index in [1.54, 1.807) is 0 Å². The topological polar surface area (TPSA) is 102 Å². The van der Waals surface area contributed by atoms with Gasteiger partial charge in [-0.25, -0.2) is 0 Å². The van der Waals surface area contributed by atoms with Crippen LogP contribution in [-0.4, -0.2) is 139 Å². The molecule has 0 saturated carbocycles. The van der Waals surface area contributed by atoms with Gasteiger partial charge in [0.1, 0.15) is 5.60 Å². The number of unbranched alkanes of at least 4 members (excludes halogenated alkanes) is 10. The molecule has 0 N–H and O–H groups in total. The summed E-state index contributed by atoms with van der Waals surface area (Å²) in [6.07, 6.45) is 14.8. The van der Waals surface area contributed by atoms with Crippen molar-refractivity contribution in [1.29, 1.82) is 0 Å². The molecule has 0 spiro atoms. The van der Waals surface area contributed by atoms with Gasteiger partial charge in [0.2, 0.25) is 0 Å². The van der Waals surface area contributed by atoms with Gasteiger partial charge < -0.3 is 52.1 Å². The molecule has 0 heterocycles. The summed E-state index contributed by atoms with van der Waals surface area (Å²) in [6, 6.07) is 31.0. The van der Waals surface area contributed by atoms with Crippen LogP contribution in [0, 0.1) is 0 Å². The van der Waals surface area contributed by atoms with Gasteiger partial charge in [0.05, 0.1) is 132 Å². The lowest BCUT2D eigenvalue weighted by molar-refractivity contribution is -0.0399. The van der Waals surface area contributed by atoms with E-state index in [1.807, 2.05) is 54.6 Å². The highest BCUT2D eigenvalue weighted by Gasteiger charge is 2.37. The summed E-state index contributed by atoms with van der Waals surface area (Å²) in [5.41, 5.74) is 2.46. The van der Waals surface area contributed by atoms with E-state index in [2.05, 4.69) is 43.3 Å². The van der Waals surface area contributed by atoms with Crippen LogP contribution in [0.2, 0.25) is 0 Å². The maximum atomic E-state index is 6.74. The molecule has 11 nitrogen and oxygen atoms in total. The Labute approximate surface area is 380 Å². The van der Waals surface area contributed by atoms with Crippen LogP contribution in [0.3, 0.4) is 0 Å². The molecule has 0 aliphatic heterocycles. The largest absolute Gasteiger partial charge is 0.379 e. The second-order valence-corrected chi connectivity index (χ2v) is 15.3. The normalized spacial score (nSPS) is 11.8. The maximum Gasteiger partial charge on any atom is 0.143 e. The van der Waals surface area contributed by atoms with E-state index in [0.29, 0.717) is 132 Å². The average Bonchev–Trinajstić information content (AvgIpc) is 3.33. The fourth-order valence-corrected chi connectivity index (χ4v) is 6.97. The molecule has 0 atom stereocenters. The number of hydrogen-bond acceptors (Lipinski definition) is 11. The van der Waals surface area contributed by atoms with Crippen LogP contribution in [0.1, 0.15) is 94.2 Å². The zero-order valence-corrected chi connectivity index (χ0v) is 38.8. The summed E-state index contributed by atoms with van der Waals surface area (Å²) in [6.45, 7) is 13.4. The molecule has 63 heavy (non-hydrogen) atoms. The predicted octanol–water partition coefficient (Wildman–Crippen LogP) is 9.47. The molecule has 0 unspecified atom stereocenters. The van der Waals surface area contributed by atoms with Crippen LogP contribution in [0.5, 0.6) is 0 Å². The van der Waals surface area contributed by atoms with Crippen LogP contribution >= 0.6 is 0 Å². The van der Waals surface area contributed by atoms with Crippen molar-refractivity contribution in [1.82, 2.24) is 0 Å². The Balaban J connectivity index is 0.988. The number of benzene rings is 3. The van der Waals surface area contributed by atoms with E-state index in [-0.39, 0.29) is 0 Å². The summed E-state index contributed by atoms with van der Waals surface area (Å²) in [7, 11) is 0.